The van der Waals surface area contributed by atoms with Gasteiger partial charge in [-0.3, -0.25) is 4.79 Å². The fraction of sp³-hybridized carbons (Fsp3) is 0.267. The number of hydrogen-bond acceptors (Lipinski definition) is 5. The highest BCUT2D eigenvalue weighted by Gasteiger charge is 2.16. The third kappa shape index (κ3) is 6.07. The topological polar surface area (TPSA) is 84.5 Å². The molecule has 10 heteroatoms. The lowest BCUT2D eigenvalue weighted by Gasteiger charge is -2.07. The molecule has 0 aliphatic carbocycles. The average Bonchev–Trinajstić information content (AvgIpc) is 3.02. The number of carbonyl (C=O) groups is 1. The van der Waals surface area contributed by atoms with Crippen molar-refractivity contribution in [3.63, 3.8) is 0 Å². The van der Waals surface area contributed by atoms with Crippen LogP contribution in [0.4, 0.5) is 8.78 Å². The normalized spacial score (nSPS) is 11.5. The summed E-state index contributed by atoms with van der Waals surface area (Å²) < 4.78 is 55.5. The number of rotatable bonds is 8. The van der Waals surface area contributed by atoms with Crippen LogP contribution in [0.25, 0.3) is 0 Å². The fourth-order valence-electron chi connectivity index (χ4n) is 1.85. The third-order valence-corrected chi connectivity index (χ3v) is 6.01. The predicted octanol–water partition coefficient (Wildman–Crippen LogP) is 2.46. The van der Waals surface area contributed by atoms with Crippen LogP contribution in [0.15, 0.2) is 40.6 Å². The largest absolute Gasteiger partial charge is 0.435 e. The highest BCUT2D eigenvalue weighted by atomic mass is 32.2. The molecule has 2 rings (SSSR count). The second kappa shape index (κ2) is 8.37. The van der Waals surface area contributed by atoms with Crippen LogP contribution >= 0.6 is 11.3 Å². The van der Waals surface area contributed by atoms with Gasteiger partial charge >= 0.3 is 6.61 Å². The molecule has 0 aliphatic heterocycles. The van der Waals surface area contributed by atoms with E-state index in [-0.39, 0.29) is 29.0 Å². The van der Waals surface area contributed by atoms with Gasteiger partial charge in [-0.25, -0.2) is 13.1 Å². The fourth-order valence-corrected chi connectivity index (χ4v) is 4.21. The summed E-state index contributed by atoms with van der Waals surface area (Å²) in [4.78, 5) is 11.6. The molecular weight excluding hydrogens is 374 g/mol. The van der Waals surface area contributed by atoms with E-state index in [4.69, 9.17) is 0 Å². The highest BCUT2D eigenvalue weighted by Crippen LogP contribution is 2.22. The molecule has 1 amide bonds. The zero-order valence-corrected chi connectivity index (χ0v) is 14.8. The Balaban J connectivity index is 1.96. The lowest BCUT2D eigenvalue weighted by Crippen LogP contribution is -2.22. The summed E-state index contributed by atoms with van der Waals surface area (Å²) in [6, 6.07) is 8.77. The number of hydrogen-bond donors (Lipinski definition) is 2. The van der Waals surface area contributed by atoms with Gasteiger partial charge in [0.1, 0.15) is 9.96 Å². The van der Waals surface area contributed by atoms with Gasteiger partial charge < -0.3 is 10.1 Å². The maximum Gasteiger partial charge on any atom is 0.387 e. The first kappa shape index (κ1) is 19.3. The second-order valence-electron chi connectivity index (χ2n) is 4.98. The first-order valence-electron chi connectivity index (χ1n) is 7.13. The molecule has 0 unspecified atom stereocenters. The molecule has 25 heavy (non-hydrogen) atoms. The van der Waals surface area contributed by atoms with Crippen molar-refractivity contribution in [1.82, 2.24) is 10.0 Å². The molecule has 0 aliphatic rings. The Bertz CT molecular complexity index is 820. The van der Waals surface area contributed by atoms with Crippen molar-refractivity contribution < 1.29 is 26.7 Å². The molecule has 0 bridgehead atoms. The molecule has 1 aromatic heterocycles. The van der Waals surface area contributed by atoms with E-state index in [1.54, 1.807) is 6.07 Å². The zero-order chi connectivity index (χ0) is 18.4. The number of halogens is 2. The van der Waals surface area contributed by atoms with E-state index >= 15 is 0 Å². The Hall–Kier alpha value is -2.04. The van der Waals surface area contributed by atoms with Crippen molar-refractivity contribution in [1.29, 1.82) is 0 Å². The first-order valence-corrected chi connectivity index (χ1v) is 9.43. The van der Waals surface area contributed by atoms with Crippen LogP contribution in [0.3, 0.4) is 0 Å². The number of ether oxygens (including phenoxy) is 1. The Kier molecular flexibility index (Phi) is 6.45. The maximum absolute atomic E-state index is 12.3. The highest BCUT2D eigenvalue weighted by molar-refractivity contribution is 7.91. The van der Waals surface area contributed by atoms with E-state index in [0.29, 0.717) is 10.4 Å². The van der Waals surface area contributed by atoms with Crippen LogP contribution in [0.5, 0.6) is 5.75 Å². The molecule has 0 spiro atoms. The summed E-state index contributed by atoms with van der Waals surface area (Å²) in [5.74, 6) is -0.197. The maximum atomic E-state index is 12.3. The Labute approximate surface area is 147 Å². The molecule has 0 saturated heterocycles. The zero-order valence-electron chi connectivity index (χ0n) is 13.2. The molecular formula is C15H16F2N2O4S2. The molecule has 0 saturated carbocycles. The number of thiophene rings is 1. The number of alkyl halides is 2. The van der Waals surface area contributed by atoms with E-state index in [2.05, 4.69) is 14.8 Å². The van der Waals surface area contributed by atoms with Gasteiger partial charge in [0.25, 0.3) is 0 Å². The molecule has 1 aromatic carbocycles. The second-order valence-corrected chi connectivity index (χ2v) is 8.14. The molecule has 1 heterocycles. The summed E-state index contributed by atoms with van der Waals surface area (Å²) in [7, 11) is -3.70. The molecule has 2 aromatic rings. The van der Waals surface area contributed by atoms with E-state index in [1.807, 2.05) is 0 Å². The summed E-state index contributed by atoms with van der Waals surface area (Å²) >= 11 is 1.06. The lowest BCUT2D eigenvalue weighted by molar-refractivity contribution is -0.119. The average molecular weight is 390 g/mol. The van der Waals surface area contributed by atoms with Gasteiger partial charge in [-0.05, 0) is 29.8 Å². The van der Waals surface area contributed by atoms with Crippen LogP contribution in [0.1, 0.15) is 17.4 Å². The summed E-state index contributed by atoms with van der Waals surface area (Å²) in [6.07, 6.45) is 0. The van der Waals surface area contributed by atoms with Crippen molar-refractivity contribution >= 4 is 27.3 Å². The van der Waals surface area contributed by atoms with Gasteiger partial charge in [0, 0.05) is 18.3 Å². The van der Waals surface area contributed by atoms with Crippen molar-refractivity contribution in [3.8, 4) is 5.75 Å². The Morgan fingerprint density at radius 1 is 1.16 bits per heavy atom. The van der Waals surface area contributed by atoms with E-state index < -0.39 is 16.6 Å². The number of nitrogens with one attached hydrogen (secondary N) is 2. The molecule has 0 radical (unpaired) electrons. The van der Waals surface area contributed by atoms with Gasteiger partial charge in [-0.15, -0.1) is 11.3 Å². The van der Waals surface area contributed by atoms with Crippen LogP contribution in [0.2, 0.25) is 0 Å². The Morgan fingerprint density at radius 2 is 1.84 bits per heavy atom. The molecule has 0 fully saturated rings. The minimum Gasteiger partial charge on any atom is -0.435 e. The van der Waals surface area contributed by atoms with Gasteiger partial charge in [-0.2, -0.15) is 8.78 Å². The van der Waals surface area contributed by atoms with Crippen LogP contribution in [-0.2, 0) is 27.9 Å². The summed E-state index contributed by atoms with van der Waals surface area (Å²) in [6.45, 7) is -1.25. The van der Waals surface area contributed by atoms with Crippen LogP contribution in [0, 0.1) is 0 Å². The summed E-state index contributed by atoms with van der Waals surface area (Å²) in [5.41, 5.74) is 0.597. The van der Waals surface area contributed by atoms with Gasteiger partial charge in [0.15, 0.2) is 0 Å². The monoisotopic (exact) mass is 390 g/mol. The smallest absolute Gasteiger partial charge is 0.387 e. The number of benzene rings is 1. The van der Waals surface area contributed by atoms with Crippen molar-refractivity contribution in [2.45, 2.75) is 30.8 Å². The Morgan fingerprint density at radius 3 is 2.44 bits per heavy atom. The minimum atomic E-state index is -3.70. The van der Waals surface area contributed by atoms with Crippen molar-refractivity contribution in [2.24, 2.45) is 0 Å². The van der Waals surface area contributed by atoms with Gasteiger partial charge in [0.05, 0.1) is 6.54 Å². The van der Waals surface area contributed by atoms with Crippen LogP contribution < -0.4 is 14.8 Å². The van der Waals surface area contributed by atoms with Crippen molar-refractivity contribution in [3.05, 3.63) is 46.8 Å². The van der Waals surface area contributed by atoms with E-state index in [0.717, 1.165) is 11.3 Å². The predicted molar refractivity (Wildman–Crippen MR) is 88.9 cm³/mol. The van der Waals surface area contributed by atoms with Crippen molar-refractivity contribution in [2.75, 3.05) is 0 Å². The SMILES string of the molecule is CC(=O)NCc1ccc(S(=O)(=O)NCc2ccc(OC(F)F)cc2)s1. The molecule has 2 N–H and O–H groups in total. The van der Waals surface area contributed by atoms with E-state index in [1.165, 1.54) is 37.3 Å². The standard InChI is InChI=1S/C15H16F2N2O4S2/c1-10(20)18-9-13-6-7-14(24-13)25(21,22)19-8-11-2-4-12(5-3-11)23-15(16)17/h2-7,15,19H,8-9H2,1H3,(H,18,20). The first-order chi connectivity index (χ1) is 11.8. The van der Waals surface area contributed by atoms with Gasteiger partial charge in [0.2, 0.25) is 15.9 Å². The minimum absolute atomic E-state index is 0.00229. The lowest BCUT2D eigenvalue weighted by atomic mass is 10.2. The van der Waals surface area contributed by atoms with Crippen LogP contribution in [-0.4, -0.2) is 20.9 Å². The quantitative estimate of drug-likeness (QED) is 0.725. The number of carbonyl (C=O) groups excluding carboxylic acids is 1. The molecule has 0 atom stereocenters. The van der Waals surface area contributed by atoms with Gasteiger partial charge in [-0.1, -0.05) is 12.1 Å². The molecule has 136 valence electrons. The number of sulfonamides is 1. The van der Waals surface area contributed by atoms with E-state index in [9.17, 15) is 22.0 Å². The third-order valence-electron chi connectivity index (χ3n) is 3.03. The molecule has 6 nitrogen and oxygen atoms in total. The number of amides is 1. The summed E-state index contributed by atoms with van der Waals surface area (Å²) in [5, 5.41) is 2.59.